The first-order valence-corrected chi connectivity index (χ1v) is 8.27. The van der Waals surface area contributed by atoms with Gasteiger partial charge in [0.15, 0.2) is 0 Å². The summed E-state index contributed by atoms with van der Waals surface area (Å²) in [5, 5.41) is 3.05. The monoisotopic (exact) mass is 320 g/mol. The number of carbonyl (C=O) groups is 2. The molecule has 1 atom stereocenters. The van der Waals surface area contributed by atoms with Gasteiger partial charge in [0.25, 0.3) is 0 Å². The lowest BCUT2D eigenvalue weighted by Crippen LogP contribution is -2.41. The zero-order chi connectivity index (χ0) is 16.8. The average Bonchev–Trinajstić information content (AvgIpc) is 2.92. The number of benzene rings is 1. The summed E-state index contributed by atoms with van der Waals surface area (Å²) in [7, 11) is 0. The number of halogens is 1. The van der Waals surface area contributed by atoms with Gasteiger partial charge in [-0.3, -0.25) is 9.59 Å². The molecule has 5 heteroatoms. The van der Waals surface area contributed by atoms with Crippen molar-refractivity contribution < 1.29 is 14.0 Å². The van der Waals surface area contributed by atoms with Crippen LogP contribution in [0.15, 0.2) is 24.3 Å². The van der Waals surface area contributed by atoms with Gasteiger partial charge in [0.2, 0.25) is 11.8 Å². The zero-order valence-corrected chi connectivity index (χ0v) is 13.8. The van der Waals surface area contributed by atoms with Crippen LogP contribution in [0.5, 0.6) is 0 Å². The molecule has 1 aliphatic heterocycles. The zero-order valence-electron chi connectivity index (χ0n) is 13.8. The fraction of sp³-hybridized carbons (Fsp3) is 0.556. The van der Waals surface area contributed by atoms with E-state index in [1.54, 1.807) is 17.0 Å². The summed E-state index contributed by atoms with van der Waals surface area (Å²) in [4.78, 5) is 25.5. The molecular formula is C18H25FN2O2. The molecule has 1 fully saturated rings. The van der Waals surface area contributed by atoms with Gasteiger partial charge in [-0.2, -0.15) is 0 Å². The Bertz CT molecular complexity index is 542. The summed E-state index contributed by atoms with van der Waals surface area (Å²) < 4.78 is 13.0. The molecule has 2 amide bonds. The highest BCUT2D eigenvalue weighted by Gasteiger charge is 2.22. The van der Waals surface area contributed by atoms with E-state index < -0.39 is 0 Å². The van der Waals surface area contributed by atoms with E-state index in [9.17, 15) is 14.0 Å². The second kappa shape index (κ2) is 8.09. The van der Waals surface area contributed by atoms with Crippen LogP contribution in [-0.4, -0.2) is 35.8 Å². The van der Waals surface area contributed by atoms with Crippen molar-refractivity contribution in [2.75, 3.05) is 13.1 Å². The Hall–Kier alpha value is -1.91. The molecule has 0 saturated carbocycles. The second-order valence-corrected chi connectivity index (χ2v) is 6.48. The van der Waals surface area contributed by atoms with Crippen molar-refractivity contribution in [1.82, 2.24) is 10.2 Å². The van der Waals surface area contributed by atoms with Crippen molar-refractivity contribution in [2.45, 2.75) is 45.6 Å². The standard InChI is InChI=1S/C18H25FN2O2/c1-13(2)16(12-14-5-7-15(19)8-6-14)20-17(22)9-11-21-10-3-4-18(21)23/h5-8,13,16H,3-4,9-12H2,1-2H3,(H,20,22). The number of hydrogen-bond acceptors (Lipinski definition) is 2. The third-order valence-corrected chi connectivity index (χ3v) is 4.30. The first-order chi connectivity index (χ1) is 11.0. The van der Waals surface area contributed by atoms with Crippen molar-refractivity contribution in [2.24, 2.45) is 5.92 Å². The van der Waals surface area contributed by atoms with E-state index in [2.05, 4.69) is 19.2 Å². The Morgan fingerprint density at radius 3 is 2.57 bits per heavy atom. The van der Waals surface area contributed by atoms with Crippen molar-refractivity contribution in [3.05, 3.63) is 35.6 Å². The number of hydrogen-bond donors (Lipinski definition) is 1. The lowest BCUT2D eigenvalue weighted by Gasteiger charge is -2.23. The molecule has 4 nitrogen and oxygen atoms in total. The summed E-state index contributed by atoms with van der Waals surface area (Å²) in [6.45, 7) is 5.36. The Morgan fingerprint density at radius 2 is 2.00 bits per heavy atom. The molecule has 1 aromatic carbocycles. The highest BCUT2D eigenvalue weighted by atomic mass is 19.1. The van der Waals surface area contributed by atoms with Crippen molar-refractivity contribution in [3.8, 4) is 0 Å². The average molecular weight is 320 g/mol. The Balaban J connectivity index is 1.84. The van der Waals surface area contributed by atoms with E-state index in [0.717, 1.165) is 18.5 Å². The van der Waals surface area contributed by atoms with Crippen LogP contribution < -0.4 is 5.32 Å². The normalized spacial score (nSPS) is 16.0. The highest BCUT2D eigenvalue weighted by molar-refractivity contribution is 5.80. The van der Waals surface area contributed by atoms with Crippen LogP contribution >= 0.6 is 0 Å². The quantitative estimate of drug-likeness (QED) is 0.839. The minimum Gasteiger partial charge on any atom is -0.353 e. The highest BCUT2D eigenvalue weighted by Crippen LogP contribution is 2.13. The first kappa shape index (κ1) is 17.4. The molecule has 2 rings (SSSR count). The van der Waals surface area contributed by atoms with E-state index in [1.807, 2.05) is 0 Å². The smallest absolute Gasteiger partial charge is 0.222 e. The molecule has 0 spiro atoms. The van der Waals surface area contributed by atoms with Crippen LogP contribution in [0.3, 0.4) is 0 Å². The van der Waals surface area contributed by atoms with E-state index >= 15 is 0 Å². The van der Waals surface area contributed by atoms with Crippen molar-refractivity contribution in [3.63, 3.8) is 0 Å². The van der Waals surface area contributed by atoms with Crippen LogP contribution in [0.25, 0.3) is 0 Å². The Kier molecular flexibility index (Phi) is 6.13. The molecule has 1 aromatic rings. The lowest BCUT2D eigenvalue weighted by molar-refractivity contribution is -0.128. The van der Waals surface area contributed by atoms with E-state index in [-0.39, 0.29) is 29.6 Å². The molecule has 1 heterocycles. The molecule has 126 valence electrons. The van der Waals surface area contributed by atoms with Crippen LogP contribution in [-0.2, 0) is 16.0 Å². The Morgan fingerprint density at radius 1 is 1.30 bits per heavy atom. The number of carbonyl (C=O) groups excluding carboxylic acids is 2. The first-order valence-electron chi connectivity index (χ1n) is 8.27. The van der Waals surface area contributed by atoms with Gasteiger partial charge in [0, 0.05) is 32.0 Å². The van der Waals surface area contributed by atoms with E-state index in [4.69, 9.17) is 0 Å². The van der Waals surface area contributed by atoms with Gasteiger partial charge in [-0.15, -0.1) is 0 Å². The number of likely N-dealkylation sites (tertiary alicyclic amines) is 1. The second-order valence-electron chi connectivity index (χ2n) is 6.48. The van der Waals surface area contributed by atoms with Gasteiger partial charge in [0.1, 0.15) is 5.82 Å². The molecule has 1 N–H and O–H groups in total. The van der Waals surface area contributed by atoms with Gasteiger partial charge in [-0.05, 0) is 36.5 Å². The molecule has 0 bridgehead atoms. The third kappa shape index (κ3) is 5.34. The maximum Gasteiger partial charge on any atom is 0.222 e. The van der Waals surface area contributed by atoms with Crippen LogP contribution in [0, 0.1) is 11.7 Å². The maximum absolute atomic E-state index is 13.0. The number of rotatable bonds is 7. The third-order valence-electron chi connectivity index (χ3n) is 4.30. The molecule has 0 radical (unpaired) electrons. The van der Waals surface area contributed by atoms with E-state index in [1.165, 1.54) is 12.1 Å². The maximum atomic E-state index is 13.0. The van der Waals surface area contributed by atoms with Crippen molar-refractivity contribution in [1.29, 1.82) is 0 Å². The fourth-order valence-corrected chi connectivity index (χ4v) is 2.78. The predicted octanol–water partition coefficient (Wildman–Crippen LogP) is 2.52. The largest absolute Gasteiger partial charge is 0.353 e. The van der Waals surface area contributed by atoms with Crippen LogP contribution in [0.2, 0.25) is 0 Å². The topological polar surface area (TPSA) is 49.4 Å². The summed E-state index contributed by atoms with van der Waals surface area (Å²) >= 11 is 0. The lowest BCUT2D eigenvalue weighted by atomic mass is 9.96. The van der Waals surface area contributed by atoms with Gasteiger partial charge < -0.3 is 10.2 Å². The van der Waals surface area contributed by atoms with Gasteiger partial charge >= 0.3 is 0 Å². The number of nitrogens with one attached hydrogen (secondary N) is 1. The van der Waals surface area contributed by atoms with Crippen molar-refractivity contribution >= 4 is 11.8 Å². The number of amides is 2. The van der Waals surface area contributed by atoms with Gasteiger partial charge in [0.05, 0.1) is 0 Å². The molecule has 23 heavy (non-hydrogen) atoms. The molecular weight excluding hydrogens is 295 g/mol. The summed E-state index contributed by atoms with van der Waals surface area (Å²) in [5.74, 6) is 0.126. The molecule has 0 aliphatic carbocycles. The molecule has 0 aromatic heterocycles. The minimum absolute atomic E-state index is 0.00207. The Labute approximate surface area is 137 Å². The van der Waals surface area contributed by atoms with Gasteiger partial charge in [-0.1, -0.05) is 26.0 Å². The number of nitrogens with zero attached hydrogens (tertiary/aromatic N) is 1. The van der Waals surface area contributed by atoms with Crippen LogP contribution in [0.4, 0.5) is 4.39 Å². The van der Waals surface area contributed by atoms with Gasteiger partial charge in [-0.25, -0.2) is 4.39 Å². The summed E-state index contributed by atoms with van der Waals surface area (Å²) in [6.07, 6.45) is 2.49. The van der Waals surface area contributed by atoms with Crippen LogP contribution in [0.1, 0.15) is 38.7 Å². The SMILES string of the molecule is CC(C)C(Cc1ccc(F)cc1)NC(=O)CCN1CCCC1=O. The predicted molar refractivity (Wildman–Crippen MR) is 87.3 cm³/mol. The molecule has 1 unspecified atom stereocenters. The molecule has 1 saturated heterocycles. The molecule has 1 aliphatic rings. The fourth-order valence-electron chi connectivity index (χ4n) is 2.78. The van der Waals surface area contributed by atoms with E-state index in [0.29, 0.717) is 25.8 Å². The minimum atomic E-state index is -0.255. The summed E-state index contributed by atoms with van der Waals surface area (Å²) in [6, 6.07) is 6.38. The summed E-state index contributed by atoms with van der Waals surface area (Å²) in [5.41, 5.74) is 1.00.